The molecule has 0 radical (unpaired) electrons. The molecule has 2 aromatic carbocycles. The standard InChI is InChI=1S/C14H11BrClF2N/c1-8(10-6-5-9(15)7-11(10)16)19-14-12(17)3-2-4-13(14)18/h2-8,19H,1H3. The first-order valence-electron chi connectivity index (χ1n) is 5.64. The summed E-state index contributed by atoms with van der Waals surface area (Å²) in [5.41, 5.74) is 0.626. The minimum atomic E-state index is -0.625. The predicted molar refractivity (Wildman–Crippen MR) is 77.5 cm³/mol. The van der Waals surface area contributed by atoms with E-state index < -0.39 is 11.6 Å². The first kappa shape index (κ1) is 14.3. The number of benzene rings is 2. The second-order valence-electron chi connectivity index (χ2n) is 4.13. The van der Waals surface area contributed by atoms with Crippen molar-refractivity contribution in [2.24, 2.45) is 0 Å². The van der Waals surface area contributed by atoms with Crippen LogP contribution in [0.4, 0.5) is 14.5 Å². The smallest absolute Gasteiger partial charge is 0.149 e. The fourth-order valence-corrected chi connectivity index (χ4v) is 2.62. The Morgan fingerprint density at radius 3 is 2.37 bits per heavy atom. The van der Waals surface area contributed by atoms with Crippen molar-refractivity contribution in [3.63, 3.8) is 0 Å². The molecule has 100 valence electrons. The van der Waals surface area contributed by atoms with E-state index >= 15 is 0 Å². The maximum atomic E-state index is 13.5. The maximum Gasteiger partial charge on any atom is 0.149 e. The van der Waals surface area contributed by atoms with Crippen molar-refractivity contribution in [1.29, 1.82) is 0 Å². The molecule has 19 heavy (non-hydrogen) atoms. The average Bonchev–Trinajstić information content (AvgIpc) is 2.33. The van der Waals surface area contributed by atoms with E-state index in [1.807, 2.05) is 12.1 Å². The normalized spacial score (nSPS) is 12.3. The van der Waals surface area contributed by atoms with Crippen LogP contribution in [0.2, 0.25) is 5.02 Å². The molecule has 1 N–H and O–H groups in total. The Kier molecular flexibility index (Phi) is 4.42. The van der Waals surface area contributed by atoms with E-state index in [-0.39, 0.29) is 11.7 Å². The molecular weight excluding hydrogens is 336 g/mol. The van der Waals surface area contributed by atoms with Crippen LogP contribution in [0, 0.1) is 11.6 Å². The third-order valence-electron chi connectivity index (χ3n) is 2.75. The third kappa shape index (κ3) is 3.25. The molecule has 0 heterocycles. The van der Waals surface area contributed by atoms with E-state index in [1.54, 1.807) is 13.0 Å². The molecule has 0 fully saturated rings. The van der Waals surface area contributed by atoms with Gasteiger partial charge >= 0.3 is 0 Å². The van der Waals surface area contributed by atoms with Gasteiger partial charge in [-0.15, -0.1) is 0 Å². The molecule has 0 bridgehead atoms. The molecule has 0 aliphatic rings. The first-order chi connectivity index (χ1) is 8.99. The fraction of sp³-hybridized carbons (Fsp3) is 0.143. The Labute approximate surface area is 123 Å². The summed E-state index contributed by atoms with van der Waals surface area (Å²) in [6, 6.07) is 8.81. The average molecular weight is 347 g/mol. The highest BCUT2D eigenvalue weighted by atomic mass is 79.9. The maximum absolute atomic E-state index is 13.5. The predicted octanol–water partition coefficient (Wildman–Crippen LogP) is 5.55. The summed E-state index contributed by atoms with van der Waals surface area (Å²) in [7, 11) is 0. The van der Waals surface area contributed by atoms with Crippen LogP contribution in [0.3, 0.4) is 0 Å². The lowest BCUT2D eigenvalue weighted by atomic mass is 10.1. The number of para-hydroxylation sites is 1. The summed E-state index contributed by atoms with van der Waals surface area (Å²) in [6.07, 6.45) is 0. The van der Waals surface area contributed by atoms with Crippen LogP contribution in [-0.2, 0) is 0 Å². The van der Waals surface area contributed by atoms with Gasteiger partial charge in [-0.2, -0.15) is 0 Å². The van der Waals surface area contributed by atoms with Crippen molar-refractivity contribution in [1.82, 2.24) is 0 Å². The molecule has 1 nitrogen and oxygen atoms in total. The summed E-state index contributed by atoms with van der Waals surface area (Å²) < 4.78 is 27.9. The molecular formula is C14H11BrClF2N. The Morgan fingerprint density at radius 2 is 1.79 bits per heavy atom. The number of anilines is 1. The summed E-state index contributed by atoms with van der Waals surface area (Å²) in [6.45, 7) is 1.79. The fourth-order valence-electron chi connectivity index (χ4n) is 1.78. The lowest BCUT2D eigenvalue weighted by Gasteiger charge is -2.18. The Morgan fingerprint density at radius 1 is 1.16 bits per heavy atom. The van der Waals surface area contributed by atoms with E-state index in [0.29, 0.717) is 5.02 Å². The highest BCUT2D eigenvalue weighted by Gasteiger charge is 2.14. The Bertz CT molecular complexity index is 584. The number of hydrogen-bond acceptors (Lipinski definition) is 1. The van der Waals surface area contributed by atoms with Gasteiger partial charge in [0.1, 0.15) is 17.3 Å². The zero-order chi connectivity index (χ0) is 14.0. The van der Waals surface area contributed by atoms with E-state index in [2.05, 4.69) is 21.2 Å². The monoisotopic (exact) mass is 345 g/mol. The number of rotatable bonds is 3. The molecule has 0 saturated heterocycles. The summed E-state index contributed by atoms with van der Waals surface area (Å²) in [5.74, 6) is -1.25. The van der Waals surface area contributed by atoms with E-state index in [0.717, 1.165) is 10.0 Å². The second-order valence-corrected chi connectivity index (χ2v) is 5.45. The molecule has 0 saturated carbocycles. The van der Waals surface area contributed by atoms with Gasteiger partial charge in [-0.3, -0.25) is 0 Å². The number of nitrogens with one attached hydrogen (secondary N) is 1. The minimum Gasteiger partial charge on any atom is -0.374 e. The van der Waals surface area contributed by atoms with Crippen molar-refractivity contribution in [3.8, 4) is 0 Å². The molecule has 0 amide bonds. The minimum absolute atomic E-state index is 0.144. The number of hydrogen-bond donors (Lipinski definition) is 1. The van der Waals surface area contributed by atoms with Gasteiger partial charge < -0.3 is 5.32 Å². The summed E-state index contributed by atoms with van der Waals surface area (Å²) in [4.78, 5) is 0. The molecule has 1 unspecified atom stereocenters. The van der Waals surface area contributed by atoms with Gasteiger partial charge in [0, 0.05) is 9.50 Å². The van der Waals surface area contributed by atoms with Crippen molar-refractivity contribution in [3.05, 3.63) is 63.1 Å². The van der Waals surface area contributed by atoms with Crippen LogP contribution in [0.25, 0.3) is 0 Å². The van der Waals surface area contributed by atoms with Gasteiger partial charge in [-0.25, -0.2) is 8.78 Å². The SMILES string of the molecule is CC(Nc1c(F)cccc1F)c1ccc(Br)cc1Cl. The molecule has 5 heteroatoms. The van der Waals surface area contributed by atoms with Crippen LogP contribution in [0.5, 0.6) is 0 Å². The van der Waals surface area contributed by atoms with Crippen molar-refractivity contribution >= 4 is 33.2 Å². The summed E-state index contributed by atoms with van der Waals surface area (Å²) in [5, 5.41) is 3.34. The van der Waals surface area contributed by atoms with Crippen LogP contribution >= 0.6 is 27.5 Å². The van der Waals surface area contributed by atoms with Crippen LogP contribution < -0.4 is 5.32 Å². The quantitative estimate of drug-likeness (QED) is 0.768. The van der Waals surface area contributed by atoms with Gasteiger partial charge in [0.05, 0.1) is 6.04 Å². The highest BCUT2D eigenvalue weighted by molar-refractivity contribution is 9.10. The van der Waals surface area contributed by atoms with Crippen molar-refractivity contribution < 1.29 is 8.78 Å². The second kappa shape index (κ2) is 5.88. The van der Waals surface area contributed by atoms with Crippen LogP contribution in [0.1, 0.15) is 18.5 Å². The highest BCUT2D eigenvalue weighted by Crippen LogP contribution is 2.30. The Hall–Kier alpha value is -1.13. The van der Waals surface area contributed by atoms with Gasteiger partial charge in [0.25, 0.3) is 0 Å². The third-order valence-corrected chi connectivity index (χ3v) is 3.57. The molecule has 0 spiro atoms. The Balaban J connectivity index is 2.28. The zero-order valence-corrected chi connectivity index (χ0v) is 12.4. The molecule has 0 aliphatic heterocycles. The topological polar surface area (TPSA) is 12.0 Å². The zero-order valence-electron chi connectivity index (χ0n) is 10.1. The van der Waals surface area contributed by atoms with E-state index in [1.165, 1.54) is 18.2 Å². The van der Waals surface area contributed by atoms with E-state index in [4.69, 9.17) is 11.6 Å². The van der Waals surface area contributed by atoms with Crippen LogP contribution in [-0.4, -0.2) is 0 Å². The molecule has 2 aromatic rings. The van der Waals surface area contributed by atoms with E-state index in [9.17, 15) is 8.78 Å². The van der Waals surface area contributed by atoms with Gasteiger partial charge in [0.2, 0.25) is 0 Å². The van der Waals surface area contributed by atoms with Crippen LogP contribution in [0.15, 0.2) is 40.9 Å². The molecule has 0 aromatic heterocycles. The largest absolute Gasteiger partial charge is 0.374 e. The van der Waals surface area contributed by atoms with Crippen molar-refractivity contribution in [2.75, 3.05) is 5.32 Å². The molecule has 0 aliphatic carbocycles. The van der Waals surface area contributed by atoms with Gasteiger partial charge in [0.15, 0.2) is 0 Å². The first-order valence-corrected chi connectivity index (χ1v) is 6.81. The number of halogens is 4. The van der Waals surface area contributed by atoms with Gasteiger partial charge in [-0.1, -0.05) is 39.7 Å². The molecule has 2 rings (SSSR count). The van der Waals surface area contributed by atoms with Crippen molar-refractivity contribution in [2.45, 2.75) is 13.0 Å². The molecule has 1 atom stereocenters. The lowest BCUT2D eigenvalue weighted by molar-refractivity contribution is 0.584. The lowest BCUT2D eigenvalue weighted by Crippen LogP contribution is -2.10. The van der Waals surface area contributed by atoms with Gasteiger partial charge in [-0.05, 0) is 36.8 Å². The summed E-state index contributed by atoms with van der Waals surface area (Å²) >= 11 is 9.42.